The molecule has 2 saturated heterocycles. The van der Waals surface area contributed by atoms with Crippen molar-refractivity contribution in [3.63, 3.8) is 0 Å². The predicted octanol–water partition coefficient (Wildman–Crippen LogP) is 2.20. The van der Waals surface area contributed by atoms with Crippen LogP contribution in [-0.4, -0.2) is 44.4 Å². The molecule has 3 unspecified atom stereocenters. The fraction of sp³-hybridized carbons (Fsp3) is 0.647. The van der Waals surface area contributed by atoms with Gasteiger partial charge < -0.3 is 15.2 Å². The topological polar surface area (TPSA) is 47.7 Å². The summed E-state index contributed by atoms with van der Waals surface area (Å²) in [6.45, 7) is 3.44. The van der Waals surface area contributed by atoms with Gasteiger partial charge in [-0.15, -0.1) is 0 Å². The van der Waals surface area contributed by atoms with Crippen LogP contribution in [-0.2, 0) is 4.74 Å². The number of nitrogens with two attached hydrogens (primary N) is 1. The Labute approximate surface area is 127 Å². The highest BCUT2D eigenvalue weighted by atomic mass is 16.5. The third-order valence-corrected chi connectivity index (χ3v) is 4.63. The molecule has 3 rings (SSSR count). The molecule has 0 saturated carbocycles. The molecule has 1 aromatic rings. The van der Waals surface area contributed by atoms with Gasteiger partial charge >= 0.3 is 0 Å². The maximum absolute atomic E-state index is 6.08. The minimum Gasteiger partial charge on any atom is -0.488 e. The molecule has 2 aliphatic rings. The molecule has 0 radical (unpaired) electrons. The molecule has 0 amide bonds. The minimum absolute atomic E-state index is 0.201. The maximum atomic E-state index is 6.08. The molecular weight excluding hydrogens is 264 g/mol. The van der Waals surface area contributed by atoms with Crippen LogP contribution in [0.5, 0.6) is 5.75 Å². The van der Waals surface area contributed by atoms with Crippen LogP contribution in [0.4, 0.5) is 0 Å². The Kier molecular flexibility index (Phi) is 4.78. The van der Waals surface area contributed by atoms with Crippen LogP contribution in [0.15, 0.2) is 24.3 Å². The fourth-order valence-electron chi connectivity index (χ4n) is 3.46. The Hall–Kier alpha value is -1.10. The lowest BCUT2D eigenvalue weighted by atomic mass is 10.00. The second-order valence-corrected chi connectivity index (χ2v) is 6.32. The normalized spacial score (nSPS) is 30.5. The van der Waals surface area contributed by atoms with Gasteiger partial charge in [0.05, 0.1) is 6.61 Å². The monoisotopic (exact) mass is 290 g/mol. The Morgan fingerprint density at radius 3 is 3.05 bits per heavy atom. The van der Waals surface area contributed by atoms with E-state index in [9.17, 15) is 0 Å². The van der Waals surface area contributed by atoms with Crippen LogP contribution < -0.4 is 10.5 Å². The predicted molar refractivity (Wildman–Crippen MR) is 83.4 cm³/mol. The maximum Gasteiger partial charge on any atom is 0.122 e. The SMILES string of the molecule is CN1CC(CN)CC1c1cccc(OC2CCCOC2)c1. The Morgan fingerprint density at radius 2 is 2.33 bits per heavy atom. The summed E-state index contributed by atoms with van der Waals surface area (Å²) >= 11 is 0. The first kappa shape index (κ1) is 14.8. The summed E-state index contributed by atoms with van der Waals surface area (Å²) in [7, 11) is 2.18. The molecule has 21 heavy (non-hydrogen) atoms. The van der Waals surface area contributed by atoms with Crippen LogP contribution in [0.25, 0.3) is 0 Å². The molecule has 0 aliphatic carbocycles. The number of hydrogen-bond acceptors (Lipinski definition) is 4. The Morgan fingerprint density at radius 1 is 1.43 bits per heavy atom. The summed E-state index contributed by atoms with van der Waals surface area (Å²) < 4.78 is 11.6. The first-order chi connectivity index (χ1) is 10.3. The Bertz CT molecular complexity index is 460. The lowest BCUT2D eigenvalue weighted by molar-refractivity contribution is 0.00737. The zero-order chi connectivity index (χ0) is 14.7. The van der Waals surface area contributed by atoms with Crippen LogP contribution in [0.2, 0.25) is 0 Å². The lowest BCUT2D eigenvalue weighted by Gasteiger charge is -2.24. The average Bonchev–Trinajstić information content (AvgIpc) is 2.90. The molecule has 0 spiro atoms. The highest BCUT2D eigenvalue weighted by molar-refractivity contribution is 5.31. The van der Waals surface area contributed by atoms with Crippen LogP contribution in [0, 0.1) is 5.92 Å². The van der Waals surface area contributed by atoms with E-state index >= 15 is 0 Å². The van der Waals surface area contributed by atoms with E-state index in [0.29, 0.717) is 18.6 Å². The van der Waals surface area contributed by atoms with Gasteiger partial charge in [0.2, 0.25) is 0 Å². The van der Waals surface area contributed by atoms with Crippen LogP contribution in [0.1, 0.15) is 30.9 Å². The molecule has 2 aliphatic heterocycles. The van der Waals surface area contributed by atoms with Gasteiger partial charge in [0.25, 0.3) is 0 Å². The van der Waals surface area contributed by atoms with E-state index in [1.807, 2.05) is 6.07 Å². The van der Waals surface area contributed by atoms with E-state index in [2.05, 4.69) is 30.1 Å². The smallest absolute Gasteiger partial charge is 0.122 e. The summed E-state index contributed by atoms with van der Waals surface area (Å²) in [5.41, 5.74) is 7.16. The fourth-order valence-corrected chi connectivity index (χ4v) is 3.46. The van der Waals surface area contributed by atoms with Crippen molar-refractivity contribution in [3.8, 4) is 5.75 Å². The van der Waals surface area contributed by atoms with Gasteiger partial charge in [-0.1, -0.05) is 12.1 Å². The van der Waals surface area contributed by atoms with Gasteiger partial charge in [0, 0.05) is 19.2 Å². The number of ether oxygens (including phenoxy) is 2. The first-order valence-electron chi connectivity index (χ1n) is 8.01. The molecule has 4 nitrogen and oxygen atoms in total. The van der Waals surface area contributed by atoms with Gasteiger partial charge in [-0.3, -0.25) is 4.90 Å². The number of benzene rings is 1. The Balaban J connectivity index is 1.68. The second kappa shape index (κ2) is 6.77. The van der Waals surface area contributed by atoms with Crippen molar-refractivity contribution in [1.29, 1.82) is 0 Å². The number of nitrogens with zero attached hydrogens (tertiary/aromatic N) is 1. The van der Waals surface area contributed by atoms with E-state index < -0.39 is 0 Å². The van der Waals surface area contributed by atoms with Crippen LogP contribution in [0.3, 0.4) is 0 Å². The van der Waals surface area contributed by atoms with E-state index in [1.54, 1.807) is 0 Å². The molecule has 116 valence electrons. The average molecular weight is 290 g/mol. The van der Waals surface area contributed by atoms with Crippen LogP contribution >= 0.6 is 0 Å². The van der Waals surface area contributed by atoms with Crippen molar-refractivity contribution in [1.82, 2.24) is 4.90 Å². The second-order valence-electron chi connectivity index (χ2n) is 6.32. The number of rotatable bonds is 4. The van der Waals surface area contributed by atoms with Gasteiger partial charge in [-0.2, -0.15) is 0 Å². The van der Waals surface area contributed by atoms with E-state index in [4.69, 9.17) is 15.2 Å². The highest BCUT2D eigenvalue weighted by Gasteiger charge is 2.29. The molecule has 0 aromatic heterocycles. The molecule has 2 N–H and O–H groups in total. The van der Waals surface area contributed by atoms with Gasteiger partial charge in [0.1, 0.15) is 11.9 Å². The summed E-state index contributed by atoms with van der Waals surface area (Å²) in [4.78, 5) is 2.40. The van der Waals surface area contributed by atoms with E-state index in [0.717, 1.165) is 44.7 Å². The zero-order valence-electron chi connectivity index (χ0n) is 12.8. The third kappa shape index (κ3) is 3.57. The van der Waals surface area contributed by atoms with Gasteiger partial charge in [-0.25, -0.2) is 0 Å². The molecule has 2 heterocycles. The van der Waals surface area contributed by atoms with E-state index in [1.165, 1.54) is 5.56 Å². The van der Waals surface area contributed by atoms with Crippen molar-refractivity contribution < 1.29 is 9.47 Å². The largest absolute Gasteiger partial charge is 0.488 e. The van der Waals surface area contributed by atoms with Gasteiger partial charge in [0.15, 0.2) is 0 Å². The molecule has 1 aromatic carbocycles. The molecule has 0 bridgehead atoms. The standard InChI is InChI=1S/C17H26N2O2/c1-19-11-13(10-18)8-17(19)14-4-2-5-15(9-14)21-16-6-3-7-20-12-16/h2,4-5,9,13,16-17H,3,6-8,10-12,18H2,1H3. The summed E-state index contributed by atoms with van der Waals surface area (Å²) in [5, 5.41) is 0. The van der Waals surface area contributed by atoms with E-state index in [-0.39, 0.29) is 6.10 Å². The zero-order valence-corrected chi connectivity index (χ0v) is 12.8. The summed E-state index contributed by atoms with van der Waals surface area (Å²) in [6, 6.07) is 8.99. The number of hydrogen-bond donors (Lipinski definition) is 1. The quantitative estimate of drug-likeness (QED) is 0.923. The molecule has 4 heteroatoms. The summed E-state index contributed by atoms with van der Waals surface area (Å²) in [6.07, 6.45) is 3.52. The number of likely N-dealkylation sites (tertiary alicyclic amines) is 1. The highest BCUT2D eigenvalue weighted by Crippen LogP contribution is 2.35. The third-order valence-electron chi connectivity index (χ3n) is 4.63. The van der Waals surface area contributed by atoms with Crippen molar-refractivity contribution in [3.05, 3.63) is 29.8 Å². The first-order valence-corrected chi connectivity index (χ1v) is 8.01. The summed E-state index contributed by atoms with van der Waals surface area (Å²) in [5.74, 6) is 1.57. The molecular formula is C17H26N2O2. The van der Waals surface area contributed by atoms with Crippen molar-refractivity contribution in [2.75, 3.05) is 33.4 Å². The van der Waals surface area contributed by atoms with Gasteiger partial charge in [-0.05, 0) is 56.5 Å². The van der Waals surface area contributed by atoms with Crippen molar-refractivity contribution in [2.24, 2.45) is 11.7 Å². The minimum atomic E-state index is 0.201. The lowest BCUT2D eigenvalue weighted by Crippen LogP contribution is -2.28. The van der Waals surface area contributed by atoms with Crippen molar-refractivity contribution in [2.45, 2.75) is 31.4 Å². The molecule has 2 fully saturated rings. The molecule has 3 atom stereocenters. The van der Waals surface area contributed by atoms with Crippen molar-refractivity contribution >= 4 is 0 Å².